The fraction of sp³-hybridized carbons (Fsp3) is 0.0833. The maximum atomic E-state index is 11.6. The zero-order chi connectivity index (χ0) is 9.54. The third kappa shape index (κ3) is 0.880. The molecule has 0 fully saturated rings. The molecule has 0 saturated carbocycles. The molecule has 0 N–H and O–H groups in total. The van der Waals surface area contributed by atoms with Crippen molar-refractivity contribution in [2.45, 2.75) is 5.92 Å². The number of benzene rings is 1. The van der Waals surface area contributed by atoms with Crippen LogP contribution in [-0.4, -0.2) is 5.78 Å². The highest BCUT2D eigenvalue weighted by atomic mass is 16.5. The Kier molecular flexibility index (Phi) is 1.39. The van der Waals surface area contributed by atoms with Gasteiger partial charge in [0.2, 0.25) is 0 Å². The highest BCUT2D eigenvalue weighted by Gasteiger charge is 2.34. The van der Waals surface area contributed by atoms with Crippen LogP contribution >= 0.6 is 0 Å². The topological polar surface area (TPSA) is 26.3 Å². The largest absolute Gasteiger partial charge is 0.460 e. The normalized spacial score (nSPS) is 22.4. The third-order valence-electron chi connectivity index (χ3n) is 2.55. The molecule has 0 saturated heterocycles. The van der Waals surface area contributed by atoms with E-state index in [0.717, 1.165) is 17.1 Å². The lowest BCUT2D eigenvalue weighted by molar-refractivity contribution is -0.115. The number of ether oxygens (including phenoxy) is 1. The maximum absolute atomic E-state index is 11.6. The van der Waals surface area contributed by atoms with E-state index in [-0.39, 0.29) is 11.7 Å². The molecule has 0 spiro atoms. The number of rotatable bonds is 0. The summed E-state index contributed by atoms with van der Waals surface area (Å²) in [5.74, 6) is 1.46. The van der Waals surface area contributed by atoms with Gasteiger partial charge in [-0.25, -0.2) is 0 Å². The first-order chi connectivity index (χ1) is 6.86. The summed E-state index contributed by atoms with van der Waals surface area (Å²) >= 11 is 0. The van der Waals surface area contributed by atoms with Crippen LogP contribution in [0.5, 0.6) is 5.75 Å². The molecular formula is C12H8O2. The zero-order valence-electron chi connectivity index (χ0n) is 7.44. The second kappa shape index (κ2) is 2.58. The van der Waals surface area contributed by atoms with Crippen molar-refractivity contribution in [2.75, 3.05) is 0 Å². The Bertz CT molecular complexity index is 469. The van der Waals surface area contributed by atoms with E-state index in [1.165, 1.54) is 0 Å². The van der Waals surface area contributed by atoms with Crippen molar-refractivity contribution in [3.63, 3.8) is 0 Å². The fourth-order valence-corrected chi connectivity index (χ4v) is 1.91. The second-order valence-electron chi connectivity index (χ2n) is 3.40. The van der Waals surface area contributed by atoms with Gasteiger partial charge in [0.15, 0.2) is 5.78 Å². The minimum Gasteiger partial charge on any atom is -0.460 e. The molecule has 3 rings (SSSR count). The van der Waals surface area contributed by atoms with Gasteiger partial charge in [-0.2, -0.15) is 0 Å². The van der Waals surface area contributed by atoms with Crippen LogP contribution in [-0.2, 0) is 4.79 Å². The molecule has 0 radical (unpaired) electrons. The van der Waals surface area contributed by atoms with Crippen LogP contribution in [0.25, 0.3) is 0 Å². The molecule has 14 heavy (non-hydrogen) atoms. The average molecular weight is 184 g/mol. The molecule has 1 unspecified atom stereocenters. The van der Waals surface area contributed by atoms with Crippen molar-refractivity contribution in [1.29, 1.82) is 0 Å². The molecule has 1 atom stereocenters. The van der Waals surface area contributed by atoms with Crippen LogP contribution in [0, 0.1) is 0 Å². The van der Waals surface area contributed by atoms with Gasteiger partial charge in [-0.1, -0.05) is 24.3 Å². The van der Waals surface area contributed by atoms with E-state index in [1.54, 1.807) is 12.2 Å². The number of carbonyl (C=O) groups is 1. The minimum absolute atomic E-state index is 0.104. The summed E-state index contributed by atoms with van der Waals surface area (Å²) in [7, 11) is 0. The first kappa shape index (κ1) is 7.56. The molecule has 1 aliphatic heterocycles. The molecule has 0 bridgehead atoms. The number of carbonyl (C=O) groups excluding carboxylic acids is 1. The summed E-state index contributed by atoms with van der Waals surface area (Å²) in [6.07, 6.45) is 5.19. The Hall–Kier alpha value is -1.83. The zero-order valence-corrected chi connectivity index (χ0v) is 7.44. The number of para-hydroxylation sites is 1. The number of hydrogen-bond acceptors (Lipinski definition) is 2. The number of ketones is 1. The predicted molar refractivity (Wildman–Crippen MR) is 52.0 cm³/mol. The van der Waals surface area contributed by atoms with E-state index in [0.29, 0.717) is 0 Å². The van der Waals surface area contributed by atoms with Crippen LogP contribution in [0.2, 0.25) is 0 Å². The monoisotopic (exact) mass is 184 g/mol. The summed E-state index contributed by atoms with van der Waals surface area (Å²) in [5, 5.41) is 0. The lowest BCUT2D eigenvalue weighted by Crippen LogP contribution is -2.12. The third-order valence-corrected chi connectivity index (χ3v) is 2.55. The SMILES string of the molecule is O=C1C=CC=C2Oc3ccccc3C12. The summed E-state index contributed by atoms with van der Waals surface area (Å²) in [6.45, 7) is 0. The Labute approximate surface area is 81.5 Å². The number of hydrogen-bond donors (Lipinski definition) is 0. The van der Waals surface area contributed by atoms with Crippen LogP contribution in [0.3, 0.4) is 0 Å². The van der Waals surface area contributed by atoms with Gasteiger partial charge in [0.05, 0.1) is 0 Å². The van der Waals surface area contributed by atoms with Crippen LogP contribution < -0.4 is 4.74 Å². The van der Waals surface area contributed by atoms with E-state index in [1.807, 2.05) is 30.3 Å². The van der Waals surface area contributed by atoms with E-state index in [2.05, 4.69) is 0 Å². The summed E-state index contributed by atoms with van der Waals surface area (Å²) < 4.78 is 5.57. The van der Waals surface area contributed by atoms with E-state index < -0.39 is 0 Å². The first-order valence-electron chi connectivity index (χ1n) is 4.55. The van der Waals surface area contributed by atoms with Crippen LogP contribution in [0.15, 0.2) is 48.3 Å². The number of fused-ring (bicyclic) bond motifs is 3. The molecule has 68 valence electrons. The Morgan fingerprint density at radius 3 is 3.00 bits per heavy atom. The summed E-state index contributed by atoms with van der Waals surface area (Å²) in [4.78, 5) is 11.6. The van der Waals surface area contributed by atoms with Gasteiger partial charge in [-0.15, -0.1) is 0 Å². The minimum atomic E-state index is -0.198. The molecule has 0 amide bonds. The number of allylic oxidation sites excluding steroid dienone is 4. The predicted octanol–water partition coefficient (Wildman–Crippen LogP) is 2.19. The molecule has 1 heterocycles. The highest BCUT2D eigenvalue weighted by molar-refractivity contribution is 6.00. The fourth-order valence-electron chi connectivity index (χ4n) is 1.91. The van der Waals surface area contributed by atoms with Gasteiger partial charge in [0.1, 0.15) is 17.4 Å². The standard InChI is InChI=1S/C12H8O2/c13-9-5-3-7-11-12(9)8-4-1-2-6-10(8)14-11/h1-7,12H. The van der Waals surface area contributed by atoms with Crippen LogP contribution in [0.4, 0.5) is 0 Å². The van der Waals surface area contributed by atoms with E-state index >= 15 is 0 Å². The molecule has 0 aromatic heterocycles. The van der Waals surface area contributed by atoms with E-state index in [4.69, 9.17) is 4.74 Å². The van der Waals surface area contributed by atoms with Gasteiger partial charge in [0, 0.05) is 5.56 Å². The van der Waals surface area contributed by atoms with Crippen molar-refractivity contribution in [3.05, 3.63) is 53.8 Å². The van der Waals surface area contributed by atoms with Crippen LogP contribution in [0.1, 0.15) is 11.5 Å². The molecule has 2 heteroatoms. The Balaban J connectivity index is 2.19. The molecule has 1 aromatic carbocycles. The van der Waals surface area contributed by atoms with E-state index in [9.17, 15) is 4.79 Å². The van der Waals surface area contributed by atoms with Gasteiger partial charge < -0.3 is 4.74 Å². The lowest BCUT2D eigenvalue weighted by atomic mass is 9.91. The molecular weight excluding hydrogens is 176 g/mol. The smallest absolute Gasteiger partial charge is 0.170 e. The summed E-state index contributed by atoms with van der Waals surface area (Å²) in [5.41, 5.74) is 0.980. The Morgan fingerprint density at radius 1 is 1.21 bits per heavy atom. The van der Waals surface area contributed by atoms with Crippen molar-refractivity contribution in [3.8, 4) is 5.75 Å². The average Bonchev–Trinajstić information content (AvgIpc) is 2.57. The van der Waals surface area contributed by atoms with Gasteiger partial charge in [-0.05, 0) is 18.2 Å². The highest BCUT2D eigenvalue weighted by Crippen LogP contribution is 2.42. The molecule has 1 aliphatic carbocycles. The Morgan fingerprint density at radius 2 is 2.07 bits per heavy atom. The van der Waals surface area contributed by atoms with Gasteiger partial charge in [-0.3, -0.25) is 4.79 Å². The molecule has 2 aliphatic rings. The summed E-state index contributed by atoms with van der Waals surface area (Å²) in [6, 6.07) is 7.67. The second-order valence-corrected chi connectivity index (χ2v) is 3.40. The first-order valence-corrected chi connectivity index (χ1v) is 4.55. The van der Waals surface area contributed by atoms with Crippen molar-refractivity contribution < 1.29 is 9.53 Å². The quantitative estimate of drug-likeness (QED) is 0.617. The maximum Gasteiger partial charge on any atom is 0.170 e. The van der Waals surface area contributed by atoms with Crippen molar-refractivity contribution in [2.24, 2.45) is 0 Å². The van der Waals surface area contributed by atoms with Crippen molar-refractivity contribution in [1.82, 2.24) is 0 Å². The lowest BCUT2D eigenvalue weighted by Gasteiger charge is -2.09. The molecule has 1 aromatic rings. The van der Waals surface area contributed by atoms with Crippen molar-refractivity contribution >= 4 is 5.78 Å². The van der Waals surface area contributed by atoms with Gasteiger partial charge in [0.25, 0.3) is 0 Å². The molecule has 2 nitrogen and oxygen atoms in total. The van der Waals surface area contributed by atoms with Gasteiger partial charge >= 0.3 is 0 Å².